The molecule has 0 bridgehead atoms. The monoisotopic (exact) mass is 336 g/mol. The van der Waals surface area contributed by atoms with Crippen LogP contribution in [0.3, 0.4) is 0 Å². The van der Waals surface area contributed by atoms with E-state index >= 15 is 0 Å². The van der Waals surface area contributed by atoms with Gasteiger partial charge in [-0.15, -0.1) is 0 Å². The Morgan fingerprint density at radius 3 is 2.68 bits per heavy atom. The number of benzene rings is 2. The first-order chi connectivity index (χ1) is 11.9. The van der Waals surface area contributed by atoms with Crippen LogP contribution in [0.1, 0.15) is 25.2 Å². The molecular formula is C20H20N2O3. The van der Waals surface area contributed by atoms with Crippen LogP contribution in [0.25, 0.3) is 10.8 Å². The SMILES string of the molecule is CC1N(C)c2c(ccc3ccccc23)C1(C)Cc1ccc([N+](=O)[O-])o1. The lowest BCUT2D eigenvalue weighted by Gasteiger charge is -2.32. The van der Waals surface area contributed by atoms with E-state index in [4.69, 9.17) is 4.42 Å². The van der Waals surface area contributed by atoms with Crippen molar-refractivity contribution in [2.45, 2.75) is 31.7 Å². The van der Waals surface area contributed by atoms with Gasteiger partial charge in [0.25, 0.3) is 0 Å². The second-order valence-corrected chi connectivity index (χ2v) is 7.06. The maximum Gasteiger partial charge on any atom is 0.433 e. The van der Waals surface area contributed by atoms with Crippen molar-refractivity contribution in [3.8, 4) is 0 Å². The predicted molar refractivity (Wildman–Crippen MR) is 98.2 cm³/mol. The number of nitro groups is 1. The molecule has 2 heterocycles. The Hall–Kier alpha value is -2.82. The molecular weight excluding hydrogens is 316 g/mol. The van der Waals surface area contributed by atoms with E-state index < -0.39 is 4.92 Å². The zero-order valence-electron chi connectivity index (χ0n) is 14.5. The van der Waals surface area contributed by atoms with E-state index in [1.54, 1.807) is 6.07 Å². The van der Waals surface area contributed by atoms with Crippen LogP contribution < -0.4 is 4.90 Å². The van der Waals surface area contributed by atoms with Crippen molar-refractivity contribution in [1.82, 2.24) is 0 Å². The van der Waals surface area contributed by atoms with Crippen LogP contribution in [0.5, 0.6) is 0 Å². The number of likely N-dealkylation sites (N-methyl/N-ethyl adjacent to an activating group) is 1. The van der Waals surface area contributed by atoms with Gasteiger partial charge in [0.1, 0.15) is 10.7 Å². The van der Waals surface area contributed by atoms with Gasteiger partial charge in [-0.25, -0.2) is 0 Å². The van der Waals surface area contributed by atoms with E-state index in [0.717, 1.165) is 0 Å². The van der Waals surface area contributed by atoms with Crippen LogP contribution in [-0.2, 0) is 11.8 Å². The average Bonchev–Trinajstić information content (AvgIpc) is 3.14. The minimum Gasteiger partial charge on any atom is -0.406 e. The van der Waals surface area contributed by atoms with Gasteiger partial charge < -0.3 is 9.32 Å². The van der Waals surface area contributed by atoms with E-state index in [2.05, 4.69) is 56.1 Å². The summed E-state index contributed by atoms with van der Waals surface area (Å²) >= 11 is 0. The Kier molecular flexibility index (Phi) is 3.35. The molecule has 2 atom stereocenters. The molecule has 1 aromatic heterocycles. The summed E-state index contributed by atoms with van der Waals surface area (Å²) in [7, 11) is 2.12. The number of hydrogen-bond donors (Lipinski definition) is 0. The molecule has 0 fully saturated rings. The number of nitrogens with zero attached hydrogens (tertiary/aromatic N) is 2. The van der Waals surface area contributed by atoms with Gasteiger partial charge in [0.2, 0.25) is 0 Å². The third-order valence-corrected chi connectivity index (χ3v) is 5.74. The maximum absolute atomic E-state index is 10.9. The molecule has 5 heteroatoms. The summed E-state index contributed by atoms with van der Waals surface area (Å²) in [6.45, 7) is 4.41. The fourth-order valence-corrected chi connectivity index (χ4v) is 4.11. The fraction of sp³-hybridized carbons (Fsp3) is 0.300. The molecule has 1 aliphatic rings. The lowest BCUT2D eigenvalue weighted by atomic mass is 9.75. The Balaban J connectivity index is 1.83. The van der Waals surface area contributed by atoms with Gasteiger partial charge in [-0.2, -0.15) is 0 Å². The third kappa shape index (κ3) is 2.22. The van der Waals surface area contributed by atoms with Crippen LogP contribution in [0.2, 0.25) is 0 Å². The van der Waals surface area contributed by atoms with Crippen molar-refractivity contribution in [1.29, 1.82) is 0 Å². The minimum absolute atomic E-state index is 0.181. The zero-order chi connectivity index (χ0) is 17.8. The second kappa shape index (κ2) is 5.34. The highest BCUT2D eigenvalue weighted by Gasteiger charge is 2.45. The molecule has 3 aromatic rings. The first kappa shape index (κ1) is 15.7. The third-order valence-electron chi connectivity index (χ3n) is 5.74. The number of furan rings is 1. The van der Waals surface area contributed by atoms with Crippen LogP contribution in [-0.4, -0.2) is 18.0 Å². The first-order valence-electron chi connectivity index (χ1n) is 8.40. The molecule has 0 amide bonds. The summed E-state index contributed by atoms with van der Waals surface area (Å²) < 4.78 is 5.44. The molecule has 0 N–H and O–H groups in total. The van der Waals surface area contributed by atoms with Gasteiger partial charge in [0, 0.05) is 36.0 Å². The average molecular weight is 336 g/mol. The Bertz CT molecular complexity index is 978. The number of anilines is 1. The molecule has 0 saturated heterocycles. The summed E-state index contributed by atoms with van der Waals surface area (Å²) in [6.07, 6.45) is 0.623. The molecule has 1 aliphatic heterocycles. The van der Waals surface area contributed by atoms with Crippen LogP contribution in [0, 0.1) is 10.1 Å². The van der Waals surface area contributed by atoms with E-state index in [1.807, 2.05) is 6.07 Å². The normalized spacial score (nSPS) is 22.4. The van der Waals surface area contributed by atoms with Gasteiger partial charge in [0.05, 0.1) is 6.07 Å². The van der Waals surface area contributed by atoms with Crippen molar-refractivity contribution in [3.05, 3.63) is 70.0 Å². The van der Waals surface area contributed by atoms with Crippen molar-refractivity contribution in [2.24, 2.45) is 0 Å². The van der Waals surface area contributed by atoms with Gasteiger partial charge in [-0.1, -0.05) is 43.3 Å². The molecule has 25 heavy (non-hydrogen) atoms. The van der Waals surface area contributed by atoms with Crippen molar-refractivity contribution in [2.75, 3.05) is 11.9 Å². The summed E-state index contributed by atoms with van der Waals surface area (Å²) in [5.41, 5.74) is 2.33. The Labute approximate surface area is 146 Å². The second-order valence-electron chi connectivity index (χ2n) is 7.06. The summed E-state index contributed by atoms with van der Waals surface area (Å²) in [5.74, 6) is 0.451. The van der Waals surface area contributed by atoms with E-state index in [0.29, 0.717) is 12.2 Å². The molecule has 128 valence electrons. The number of rotatable bonds is 3. The highest BCUT2D eigenvalue weighted by molar-refractivity contribution is 5.98. The van der Waals surface area contributed by atoms with E-state index in [1.165, 1.54) is 28.1 Å². The number of fused-ring (bicyclic) bond motifs is 3. The van der Waals surface area contributed by atoms with Crippen LogP contribution in [0.4, 0.5) is 11.6 Å². The highest BCUT2D eigenvalue weighted by Crippen LogP contribution is 2.49. The maximum atomic E-state index is 10.9. The van der Waals surface area contributed by atoms with E-state index in [-0.39, 0.29) is 17.3 Å². The zero-order valence-corrected chi connectivity index (χ0v) is 14.5. The minimum atomic E-state index is -0.489. The summed E-state index contributed by atoms with van der Waals surface area (Å²) in [5, 5.41) is 13.4. The van der Waals surface area contributed by atoms with Crippen molar-refractivity contribution in [3.63, 3.8) is 0 Å². The number of hydrogen-bond acceptors (Lipinski definition) is 4. The van der Waals surface area contributed by atoms with Gasteiger partial charge in [0.15, 0.2) is 0 Å². The first-order valence-corrected chi connectivity index (χ1v) is 8.40. The van der Waals surface area contributed by atoms with E-state index in [9.17, 15) is 10.1 Å². The highest BCUT2D eigenvalue weighted by atomic mass is 16.6. The lowest BCUT2D eigenvalue weighted by molar-refractivity contribution is -0.402. The van der Waals surface area contributed by atoms with Gasteiger partial charge >= 0.3 is 5.88 Å². The predicted octanol–water partition coefficient (Wildman–Crippen LogP) is 4.68. The molecule has 0 saturated carbocycles. The topological polar surface area (TPSA) is 59.5 Å². The standard InChI is InChI=1S/C20H20N2O3/c1-13-20(2,12-15-9-11-18(25-15)22(23)24)17-10-8-14-6-4-5-7-16(14)19(17)21(13)3/h4-11,13H,12H2,1-3H3. The molecule has 0 spiro atoms. The molecule has 2 unspecified atom stereocenters. The fourth-order valence-electron chi connectivity index (χ4n) is 4.11. The largest absolute Gasteiger partial charge is 0.433 e. The molecule has 4 rings (SSSR count). The summed E-state index contributed by atoms with van der Waals surface area (Å²) in [4.78, 5) is 12.7. The summed E-state index contributed by atoms with van der Waals surface area (Å²) in [6, 6.07) is 16.1. The Morgan fingerprint density at radius 2 is 1.96 bits per heavy atom. The molecule has 2 aromatic carbocycles. The quantitative estimate of drug-likeness (QED) is 0.515. The Morgan fingerprint density at radius 1 is 1.20 bits per heavy atom. The van der Waals surface area contributed by atoms with Gasteiger partial charge in [-0.05, 0) is 23.9 Å². The van der Waals surface area contributed by atoms with Crippen molar-refractivity contribution >= 4 is 22.3 Å². The molecule has 0 radical (unpaired) electrons. The van der Waals surface area contributed by atoms with Crippen molar-refractivity contribution < 1.29 is 9.34 Å². The smallest absolute Gasteiger partial charge is 0.406 e. The van der Waals surface area contributed by atoms with Crippen LogP contribution >= 0.6 is 0 Å². The lowest BCUT2D eigenvalue weighted by Crippen LogP contribution is -2.40. The molecule has 5 nitrogen and oxygen atoms in total. The van der Waals surface area contributed by atoms with Gasteiger partial charge in [-0.3, -0.25) is 10.1 Å². The molecule has 0 aliphatic carbocycles. The van der Waals surface area contributed by atoms with Crippen LogP contribution in [0.15, 0.2) is 52.9 Å².